The van der Waals surface area contributed by atoms with Crippen LogP contribution < -0.4 is 0 Å². The van der Waals surface area contributed by atoms with Gasteiger partial charge < -0.3 is 5.11 Å². The van der Waals surface area contributed by atoms with Crippen molar-refractivity contribution in [1.29, 1.82) is 0 Å². The lowest BCUT2D eigenvalue weighted by Gasteiger charge is -2.08. The van der Waals surface area contributed by atoms with E-state index >= 15 is 0 Å². The van der Waals surface area contributed by atoms with Gasteiger partial charge in [-0.25, -0.2) is 4.39 Å². The molecule has 0 amide bonds. The van der Waals surface area contributed by atoms with E-state index in [2.05, 4.69) is 24.7 Å². The van der Waals surface area contributed by atoms with Crippen LogP contribution in [0.4, 0.5) is 4.39 Å². The molecule has 3 nitrogen and oxygen atoms in total. The molecule has 1 atom stereocenters. The number of hydrogen-bond donors (Lipinski definition) is 1. The normalized spacial score (nSPS) is 12.7. The van der Waals surface area contributed by atoms with E-state index in [1.54, 1.807) is 12.1 Å². The Morgan fingerprint density at radius 3 is 3.00 bits per heavy atom. The van der Waals surface area contributed by atoms with Gasteiger partial charge in [0.1, 0.15) is 17.6 Å². The molecule has 2 aromatic rings. The first-order valence-corrected chi connectivity index (χ1v) is 6.08. The molecule has 84 valence electrons. The summed E-state index contributed by atoms with van der Waals surface area (Å²) in [6, 6.07) is 4.64. The van der Waals surface area contributed by atoms with Gasteiger partial charge >= 0.3 is 0 Å². The molecule has 0 saturated heterocycles. The fourth-order valence-electron chi connectivity index (χ4n) is 1.33. The van der Waals surface area contributed by atoms with E-state index in [1.807, 2.05) is 0 Å². The minimum Gasteiger partial charge on any atom is -0.386 e. The molecule has 6 heteroatoms. The molecule has 0 aliphatic rings. The first kappa shape index (κ1) is 11.6. The van der Waals surface area contributed by atoms with Crippen molar-refractivity contribution in [2.75, 3.05) is 0 Å². The summed E-state index contributed by atoms with van der Waals surface area (Å²) in [5.74, 6) is -0.328. The Balaban J connectivity index is 2.17. The third kappa shape index (κ3) is 2.63. The lowest BCUT2D eigenvalue weighted by Crippen LogP contribution is -2.03. The van der Waals surface area contributed by atoms with Crippen molar-refractivity contribution in [3.8, 4) is 0 Å². The Kier molecular flexibility index (Phi) is 3.63. The van der Waals surface area contributed by atoms with Crippen LogP contribution in [0.25, 0.3) is 0 Å². The van der Waals surface area contributed by atoms with Crippen LogP contribution in [0, 0.1) is 5.82 Å². The molecule has 1 N–H and O–H groups in total. The van der Waals surface area contributed by atoms with Crippen LogP contribution >= 0.6 is 27.7 Å². The van der Waals surface area contributed by atoms with Crippen LogP contribution in [-0.4, -0.2) is 13.9 Å². The summed E-state index contributed by atoms with van der Waals surface area (Å²) in [5, 5.41) is 9.80. The predicted molar refractivity (Wildman–Crippen MR) is 62.7 cm³/mol. The minimum atomic E-state index is -0.817. The molecule has 0 fully saturated rings. The quantitative estimate of drug-likeness (QED) is 0.948. The van der Waals surface area contributed by atoms with Crippen molar-refractivity contribution in [1.82, 2.24) is 8.75 Å². The number of aromatic nitrogens is 2. The Morgan fingerprint density at radius 2 is 2.31 bits per heavy atom. The van der Waals surface area contributed by atoms with E-state index in [1.165, 1.54) is 12.3 Å². The summed E-state index contributed by atoms with van der Waals surface area (Å²) in [5.41, 5.74) is 0.930. The van der Waals surface area contributed by atoms with Crippen LogP contribution in [0.2, 0.25) is 0 Å². The lowest BCUT2D eigenvalue weighted by molar-refractivity contribution is 0.173. The maximum Gasteiger partial charge on any atom is 0.126 e. The maximum absolute atomic E-state index is 13.4. The number of rotatable bonds is 3. The zero-order valence-electron chi connectivity index (χ0n) is 8.10. The van der Waals surface area contributed by atoms with E-state index < -0.39 is 6.10 Å². The SMILES string of the molecule is OC(Cc1cc(Br)ccc1F)c1cnsn1. The maximum atomic E-state index is 13.4. The average Bonchev–Trinajstić information content (AvgIpc) is 2.76. The molecule has 1 aromatic carbocycles. The third-order valence-corrected chi connectivity index (χ3v) is 3.13. The second-order valence-corrected chi connectivity index (χ2v) is 4.76. The molecule has 0 saturated carbocycles. The molecule has 16 heavy (non-hydrogen) atoms. The van der Waals surface area contributed by atoms with Gasteiger partial charge in [0.25, 0.3) is 0 Å². The van der Waals surface area contributed by atoms with Crippen LogP contribution in [0.15, 0.2) is 28.9 Å². The smallest absolute Gasteiger partial charge is 0.126 e. The van der Waals surface area contributed by atoms with Gasteiger partial charge in [-0.05, 0) is 23.8 Å². The van der Waals surface area contributed by atoms with E-state index in [0.717, 1.165) is 16.2 Å². The predicted octanol–water partition coefficient (Wildman–Crippen LogP) is 2.72. The fourth-order valence-corrected chi connectivity index (χ4v) is 2.21. The third-order valence-electron chi connectivity index (χ3n) is 2.14. The molecule has 1 heterocycles. The second kappa shape index (κ2) is 4.99. The van der Waals surface area contributed by atoms with Crippen LogP contribution in [0.5, 0.6) is 0 Å². The van der Waals surface area contributed by atoms with Gasteiger partial charge in [0.2, 0.25) is 0 Å². The summed E-state index contributed by atoms with van der Waals surface area (Å²) in [4.78, 5) is 0. The Bertz CT molecular complexity index is 478. The second-order valence-electron chi connectivity index (χ2n) is 3.29. The Labute approximate surface area is 104 Å². The number of aliphatic hydroxyl groups is 1. The first-order valence-electron chi connectivity index (χ1n) is 4.56. The number of aliphatic hydroxyl groups excluding tert-OH is 1. The van der Waals surface area contributed by atoms with Gasteiger partial charge in [0.15, 0.2) is 0 Å². The van der Waals surface area contributed by atoms with Crippen LogP contribution in [0.1, 0.15) is 17.4 Å². The summed E-state index contributed by atoms with van der Waals surface area (Å²) in [6.07, 6.45) is 0.865. The van der Waals surface area contributed by atoms with Gasteiger partial charge in [-0.15, -0.1) is 0 Å². The number of benzene rings is 1. The zero-order valence-corrected chi connectivity index (χ0v) is 10.5. The molecule has 2 rings (SSSR count). The van der Waals surface area contributed by atoms with Gasteiger partial charge in [-0.3, -0.25) is 0 Å². The highest BCUT2D eigenvalue weighted by Crippen LogP contribution is 2.21. The molecular weight excluding hydrogens is 295 g/mol. The highest BCUT2D eigenvalue weighted by atomic mass is 79.9. The van der Waals surface area contributed by atoms with Crippen LogP contribution in [0.3, 0.4) is 0 Å². The average molecular weight is 303 g/mol. The van der Waals surface area contributed by atoms with Crippen molar-refractivity contribution >= 4 is 27.7 Å². The van der Waals surface area contributed by atoms with Gasteiger partial charge in [-0.1, -0.05) is 15.9 Å². The van der Waals surface area contributed by atoms with Crippen molar-refractivity contribution in [2.45, 2.75) is 12.5 Å². The molecule has 1 aromatic heterocycles. The Morgan fingerprint density at radius 1 is 1.50 bits per heavy atom. The number of nitrogens with zero attached hydrogens (tertiary/aromatic N) is 2. The monoisotopic (exact) mass is 302 g/mol. The van der Waals surface area contributed by atoms with E-state index in [9.17, 15) is 9.50 Å². The highest BCUT2D eigenvalue weighted by molar-refractivity contribution is 9.10. The number of hydrogen-bond acceptors (Lipinski definition) is 4. The van der Waals surface area contributed by atoms with Crippen molar-refractivity contribution in [2.24, 2.45) is 0 Å². The summed E-state index contributed by atoms with van der Waals surface area (Å²) < 4.78 is 21.9. The molecule has 0 spiro atoms. The topological polar surface area (TPSA) is 46.0 Å². The van der Waals surface area contributed by atoms with Crippen LogP contribution in [-0.2, 0) is 6.42 Å². The zero-order chi connectivity index (χ0) is 11.5. The van der Waals surface area contributed by atoms with E-state index in [0.29, 0.717) is 11.3 Å². The number of halogens is 2. The molecule has 0 aliphatic heterocycles. The molecule has 0 aliphatic carbocycles. The summed E-state index contributed by atoms with van der Waals surface area (Å²) in [7, 11) is 0. The van der Waals surface area contributed by atoms with Gasteiger partial charge in [0, 0.05) is 10.9 Å². The largest absolute Gasteiger partial charge is 0.386 e. The highest BCUT2D eigenvalue weighted by Gasteiger charge is 2.14. The summed E-state index contributed by atoms with van der Waals surface area (Å²) in [6.45, 7) is 0. The van der Waals surface area contributed by atoms with Crippen molar-refractivity contribution < 1.29 is 9.50 Å². The Hall–Kier alpha value is -0.850. The van der Waals surface area contributed by atoms with Crippen molar-refractivity contribution in [3.05, 3.63) is 45.9 Å². The lowest BCUT2D eigenvalue weighted by atomic mass is 10.1. The summed E-state index contributed by atoms with van der Waals surface area (Å²) >= 11 is 4.28. The molecular formula is C10H8BrFN2OS. The van der Waals surface area contributed by atoms with Crippen molar-refractivity contribution in [3.63, 3.8) is 0 Å². The van der Waals surface area contributed by atoms with E-state index in [-0.39, 0.29) is 12.2 Å². The van der Waals surface area contributed by atoms with Gasteiger partial charge in [0.05, 0.1) is 17.9 Å². The first-order chi connectivity index (χ1) is 7.66. The van der Waals surface area contributed by atoms with Gasteiger partial charge in [-0.2, -0.15) is 8.75 Å². The van der Waals surface area contributed by atoms with E-state index in [4.69, 9.17) is 0 Å². The molecule has 0 bridgehead atoms. The minimum absolute atomic E-state index is 0.191. The molecule has 0 radical (unpaired) electrons. The standard InChI is InChI=1S/C10H8BrFN2OS/c11-7-1-2-8(12)6(3-7)4-10(15)9-5-13-16-14-9/h1-3,5,10,15H,4H2. The molecule has 1 unspecified atom stereocenters. The fraction of sp³-hybridized carbons (Fsp3) is 0.200.